The van der Waals surface area contributed by atoms with E-state index in [1.165, 1.54) is 0 Å². The number of carbonyl (C=O) groups is 1. The summed E-state index contributed by atoms with van der Waals surface area (Å²) >= 11 is 6.16. The van der Waals surface area contributed by atoms with Crippen LogP contribution in [0.3, 0.4) is 0 Å². The third-order valence-corrected chi connectivity index (χ3v) is 3.28. The molecule has 1 heterocycles. The SMILES string of the molecule is Cc1cc(CNC(=O)c2ccc(OC(C)C)cc2Cl)ccn1. The molecule has 0 atom stereocenters. The van der Waals surface area contributed by atoms with E-state index in [4.69, 9.17) is 16.3 Å². The van der Waals surface area contributed by atoms with E-state index in [0.29, 0.717) is 22.9 Å². The summed E-state index contributed by atoms with van der Waals surface area (Å²) in [7, 11) is 0. The van der Waals surface area contributed by atoms with Crippen LogP contribution in [0, 0.1) is 6.92 Å². The first-order chi connectivity index (χ1) is 10.5. The van der Waals surface area contributed by atoms with Crippen LogP contribution in [0.15, 0.2) is 36.5 Å². The van der Waals surface area contributed by atoms with E-state index in [1.807, 2.05) is 32.9 Å². The molecule has 1 N–H and O–H groups in total. The molecule has 4 nitrogen and oxygen atoms in total. The molecule has 1 aromatic heterocycles. The van der Waals surface area contributed by atoms with Crippen LogP contribution in [0.4, 0.5) is 0 Å². The number of amides is 1. The highest BCUT2D eigenvalue weighted by Crippen LogP contribution is 2.23. The molecule has 0 radical (unpaired) electrons. The first-order valence-corrected chi connectivity index (χ1v) is 7.49. The fraction of sp³-hybridized carbons (Fsp3) is 0.294. The van der Waals surface area contributed by atoms with E-state index >= 15 is 0 Å². The molecular weight excluding hydrogens is 300 g/mol. The lowest BCUT2D eigenvalue weighted by Crippen LogP contribution is -2.23. The Labute approximate surface area is 135 Å². The lowest BCUT2D eigenvalue weighted by molar-refractivity contribution is 0.0951. The number of aromatic nitrogens is 1. The fourth-order valence-electron chi connectivity index (χ4n) is 2.02. The average Bonchev–Trinajstić information content (AvgIpc) is 2.44. The number of halogens is 1. The number of hydrogen-bond donors (Lipinski definition) is 1. The minimum atomic E-state index is -0.212. The first kappa shape index (κ1) is 16.3. The molecule has 2 rings (SSSR count). The average molecular weight is 319 g/mol. The van der Waals surface area contributed by atoms with Crippen LogP contribution < -0.4 is 10.1 Å². The minimum Gasteiger partial charge on any atom is -0.491 e. The van der Waals surface area contributed by atoms with Crippen molar-refractivity contribution < 1.29 is 9.53 Å². The van der Waals surface area contributed by atoms with Crippen molar-refractivity contribution in [2.45, 2.75) is 33.4 Å². The highest BCUT2D eigenvalue weighted by molar-refractivity contribution is 6.34. The molecule has 0 unspecified atom stereocenters. The normalized spacial score (nSPS) is 10.6. The molecular formula is C17H19ClN2O2. The molecule has 116 valence electrons. The Hall–Kier alpha value is -2.07. The maximum absolute atomic E-state index is 12.2. The molecule has 0 fully saturated rings. The minimum absolute atomic E-state index is 0.0608. The van der Waals surface area contributed by atoms with Gasteiger partial charge in [-0.15, -0.1) is 0 Å². The third kappa shape index (κ3) is 4.46. The van der Waals surface area contributed by atoms with Crippen LogP contribution in [0.1, 0.15) is 35.5 Å². The van der Waals surface area contributed by atoms with Gasteiger partial charge < -0.3 is 10.1 Å². The standard InChI is InChI=1S/C17H19ClN2O2/c1-11(2)22-14-4-5-15(16(18)9-14)17(21)20-10-13-6-7-19-12(3)8-13/h4-9,11H,10H2,1-3H3,(H,20,21). The summed E-state index contributed by atoms with van der Waals surface area (Å²) in [5.41, 5.74) is 2.35. The molecule has 0 aliphatic carbocycles. The number of benzene rings is 1. The summed E-state index contributed by atoms with van der Waals surface area (Å²) in [5.74, 6) is 0.442. The summed E-state index contributed by atoms with van der Waals surface area (Å²) in [6.45, 7) is 6.22. The van der Waals surface area contributed by atoms with Crippen molar-refractivity contribution >= 4 is 17.5 Å². The summed E-state index contributed by atoms with van der Waals surface area (Å²) in [5, 5.41) is 3.23. The molecule has 0 aliphatic heterocycles. The number of rotatable bonds is 5. The van der Waals surface area contributed by atoms with Crippen molar-refractivity contribution in [3.05, 3.63) is 58.4 Å². The van der Waals surface area contributed by atoms with E-state index in [2.05, 4.69) is 10.3 Å². The van der Waals surface area contributed by atoms with Crippen LogP contribution >= 0.6 is 11.6 Å². The highest BCUT2D eigenvalue weighted by atomic mass is 35.5. The molecule has 0 spiro atoms. The maximum Gasteiger partial charge on any atom is 0.253 e. The molecule has 2 aromatic rings. The molecule has 1 amide bonds. The quantitative estimate of drug-likeness (QED) is 0.913. The number of ether oxygens (including phenoxy) is 1. The Morgan fingerprint density at radius 1 is 1.32 bits per heavy atom. The number of nitrogens with zero attached hydrogens (tertiary/aromatic N) is 1. The van der Waals surface area contributed by atoms with Crippen LogP contribution in [0.2, 0.25) is 5.02 Å². The van der Waals surface area contributed by atoms with E-state index in [9.17, 15) is 4.79 Å². The predicted molar refractivity (Wildman–Crippen MR) is 87.4 cm³/mol. The lowest BCUT2D eigenvalue weighted by atomic mass is 10.2. The molecule has 0 saturated carbocycles. The van der Waals surface area contributed by atoms with Crippen molar-refractivity contribution in [2.75, 3.05) is 0 Å². The number of hydrogen-bond acceptors (Lipinski definition) is 3. The molecule has 0 saturated heterocycles. The predicted octanol–water partition coefficient (Wildman–Crippen LogP) is 3.76. The zero-order chi connectivity index (χ0) is 16.1. The number of carbonyl (C=O) groups excluding carboxylic acids is 1. The van der Waals surface area contributed by atoms with Gasteiger partial charge in [-0.2, -0.15) is 0 Å². The Morgan fingerprint density at radius 3 is 2.73 bits per heavy atom. The zero-order valence-electron chi connectivity index (χ0n) is 12.9. The summed E-state index contributed by atoms with van der Waals surface area (Å²) in [6, 6.07) is 8.88. The van der Waals surface area contributed by atoms with Gasteiger partial charge in [0.2, 0.25) is 0 Å². The van der Waals surface area contributed by atoms with Gasteiger partial charge in [0.15, 0.2) is 0 Å². The Kier molecular flexibility index (Phi) is 5.39. The van der Waals surface area contributed by atoms with Gasteiger partial charge in [0, 0.05) is 18.4 Å². The van der Waals surface area contributed by atoms with E-state index in [0.717, 1.165) is 11.3 Å². The highest BCUT2D eigenvalue weighted by Gasteiger charge is 2.11. The van der Waals surface area contributed by atoms with E-state index in [1.54, 1.807) is 24.4 Å². The van der Waals surface area contributed by atoms with Gasteiger partial charge in [-0.1, -0.05) is 11.6 Å². The van der Waals surface area contributed by atoms with Crippen molar-refractivity contribution in [3.63, 3.8) is 0 Å². The van der Waals surface area contributed by atoms with Gasteiger partial charge in [0.1, 0.15) is 5.75 Å². The van der Waals surface area contributed by atoms with Gasteiger partial charge in [-0.3, -0.25) is 9.78 Å². The largest absolute Gasteiger partial charge is 0.491 e. The van der Waals surface area contributed by atoms with Crippen LogP contribution in [0.5, 0.6) is 5.75 Å². The van der Waals surface area contributed by atoms with Crippen LogP contribution in [-0.2, 0) is 6.54 Å². The Balaban J connectivity index is 2.03. The van der Waals surface area contributed by atoms with Crippen molar-refractivity contribution in [1.82, 2.24) is 10.3 Å². The smallest absolute Gasteiger partial charge is 0.253 e. The number of pyridine rings is 1. The molecule has 1 aromatic carbocycles. The Bertz CT molecular complexity index is 671. The third-order valence-electron chi connectivity index (χ3n) is 2.97. The lowest BCUT2D eigenvalue weighted by Gasteiger charge is -2.12. The topological polar surface area (TPSA) is 51.2 Å². The van der Waals surface area contributed by atoms with E-state index < -0.39 is 0 Å². The second-order valence-electron chi connectivity index (χ2n) is 5.30. The maximum atomic E-state index is 12.2. The zero-order valence-corrected chi connectivity index (χ0v) is 13.6. The monoisotopic (exact) mass is 318 g/mol. The summed E-state index contributed by atoms with van der Waals surface area (Å²) in [4.78, 5) is 16.3. The number of nitrogens with one attached hydrogen (secondary N) is 1. The van der Waals surface area contributed by atoms with Gasteiger partial charge in [0.05, 0.1) is 16.7 Å². The second-order valence-corrected chi connectivity index (χ2v) is 5.70. The van der Waals surface area contributed by atoms with Crippen LogP contribution in [-0.4, -0.2) is 17.0 Å². The van der Waals surface area contributed by atoms with Crippen molar-refractivity contribution in [2.24, 2.45) is 0 Å². The fourth-order valence-corrected chi connectivity index (χ4v) is 2.27. The van der Waals surface area contributed by atoms with Crippen LogP contribution in [0.25, 0.3) is 0 Å². The summed E-state index contributed by atoms with van der Waals surface area (Å²) < 4.78 is 5.55. The summed E-state index contributed by atoms with van der Waals surface area (Å²) in [6.07, 6.45) is 1.78. The molecule has 22 heavy (non-hydrogen) atoms. The molecule has 0 bridgehead atoms. The molecule has 0 aliphatic rings. The second kappa shape index (κ2) is 7.27. The number of aryl methyl sites for hydroxylation is 1. The van der Waals surface area contributed by atoms with E-state index in [-0.39, 0.29) is 12.0 Å². The Morgan fingerprint density at radius 2 is 2.09 bits per heavy atom. The molecule has 5 heteroatoms. The first-order valence-electron chi connectivity index (χ1n) is 7.11. The van der Waals surface area contributed by atoms with Gasteiger partial charge in [0.25, 0.3) is 5.91 Å². The van der Waals surface area contributed by atoms with Gasteiger partial charge in [-0.25, -0.2) is 0 Å². The van der Waals surface area contributed by atoms with Crippen molar-refractivity contribution in [3.8, 4) is 5.75 Å². The van der Waals surface area contributed by atoms with Gasteiger partial charge >= 0.3 is 0 Å². The van der Waals surface area contributed by atoms with Gasteiger partial charge in [-0.05, 0) is 56.7 Å². The van der Waals surface area contributed by atoms with Crippen molar-refractivity contribution in [1.29, 1.82) is 0 Å².